The lowest BCUT2D eigenvalue weighted by molar-refractivity contribution is 0.622. The van der Waals surface area contributed by atoms with E-state index in [0.717, 1.165) is 0 Å². The maximum atomic E-state index is 4.35. The number of hydrogen-bond acceptors (Lipinski definition) is 6. The first-order valence-electron chi connectivity index (χ1n) is 5.39. The molecule has 0 atom stereocenters. The minimum absolute atomic E-state index is 0.0658. The lowest BCUT2D eigenvalue weighted by atomic mass is 10.1. The first kappa shape index (κ1) is 14.7. The van der Waals surface area contributed by atoms with Crippen molar-refractivity contribution >= 4 is 42.0 Å². The SMILES string of the molecule is CC(C)Nc1nc(NC(C)(C)C)nc(SI)n1. The number of aromatic nitrogens is 3. The van der Waals surface area contributed by atoms with E-state index in [2.05, 4.69) is 81.4 Å². The maximum Gasteiger partial charge on any atom is 0.228 e. The summed E-state index contributed by atoms with van der Waals surface area (Å²) in [6, 6.07) is 0.298. The Morgan fingerprint density at radius 2 is 1.71 bits per heavy atom. The third-order valence-corrected chi connectivity index (χ3v) is 3.09. The molecule has 0 saturated carbocycles. The van der Waals surface area contributed by atoms with Gasteiger partial charge in [0.1, 0.15) is 0 Å². The minimum atomic E-state index is -0.0658. The van der Waals surface area contributed by atoms with Gasteiger partial charge in [-0.15, -0.1) is 0 Å². The average Bonchev–Trinajstić information content (AvgIpc) is 2.13. The van der Waals surface area contributed by atoms with Crippen molar-refractivity contribution in [1.29, 1.82) is 0 Å². The predicted octanol–water partition coefficient (Wildman–Crippen LogP) is 3.34. The van der Waals surface area contributed by atoms with Crippen LogP contribution in [0.1, 0.15) is 34.6 Å². The lowest BCUT2D eigenvalue weighted by Crippen LogP contribution is -2.28. The zero-order valence-electron chi connectivity index (χ0n) is 10.7. The first-order valence-corrected chi connectivity index (χ1v) is 8.75. The van der Waals surface area contributed by atoms with Crippen molar-refractivity contribution in [2.24, 2.45) is 0 Å². The van der Waals surface area contributed by atoms with Crippen molar-refractivity contribution in [2.75, 3.05) is 10.6 Å². The Kier molecular flexibility index (Phi) is 5.23. The van der Waals surface area contributed by atoms with Crippen molar-refractivity contribution in [3.05, 3.63) is 0 Å². The van der Waals surface area contributed by atoms with Gasteiger partial charge in [0.05, 0.1) is 0 Å². The van der Waals surface area contributed by atoms with Crippen LogP contribution >= 0.6 is 30.1 Å². The lowest BCUT2D eigenvalue weighted by Gasteiger charge is -2.21. The van der Waals surface area contributed by atoms with Gasteiger partial charge >= 0.3 is 0 Å². The second-order valence-electron chi connectivity index (χ2n) is 5.02. The van der Waals surface area contributed by atoms with E-state index in [4.69, 9.17) is 0 Å². The molecular weight excluding hydrogens is 349 g/mol. The Hall–Kier alpha value is -0.310. The van der Waals surface area contributed by atoms with Gasteiger partial charge in [0.2, 0.25) is 17.1 Å². The number of nitrogens with zero attached hydrogens (tertiary/aromatic N) is 3. The molecular formula is C10H18IN5S. The molecule has 0 amide bonds. The summed E-state index contributed by atoms with van der Waals surface area (Å²) >= 11 is 2.17. The standard InChI is InChI=1S/C10H18IN5S/c1-6(2)12-7-13-8(16-10(3,4)5)15-9(14-7)17-11/h6H,1-5H3,(H2,12,13,14,15,16). The van der Waals surface area contributed by atoms with Gasteiger partial charge in [0.15, 0.2) is 0 Å². The second kappa shape index (κ2) is 6.03. The van der Waals surface area contributed by atoms with Crippen molar-refractivity contribution in [1.82, 2.24) is 15.0 Å². The largest absolute Gasteiger partial charge is 0.352 e. The Morgan fingerprint density at radius 1 is 1.12 bits per heavy atom. The van der Waals surface area contributed by atoms with Crippen LogP contribution in [0.5, 0.6) is 0 Å². The second-order valence-corrected chi connectivity index (χ2v) is 6.86. The van der Waals surface area contributed by atoms with Crippen LogP contribution in [0.3, 0.4) is 0 Å². The Balaban J connectivity index is 2.97. The third kappa shape index (κ3) is 5.71. The molecule has 0 bridgehead atoms. The molecule has 1 aromatic rings. The predicted molar refractivity (Wildman–Crippen MR) is 81.8 cm³/mol. The first-order chi connectivity index (χ1) is 7.80. The smallest absolute Gasteiger partial charge is 0.228 e. The van der Waals surface area contributed by atoms with Gasteiger partial charge in [-0.1, -0.05) is 0 Å². The van der Waals surface area contributed by atoms with Crippen LogP contribution < -0.4 is 10.6 Å². The quantitative estimate of drug-likeness (QED) is 0.796. The summed E-state index contributed by atoms with van der Waals surface area (Å²) in [5.41, 5.74) is -0.0658. The van der Waals surface area contributed by atoms with E-state index in [0.29, 0.717) is 23.1 Å². The van der Waals surface area contributed by atoms with Gasteiger partial charge in [-0.3, -0.25) is 0 Å². The molecule has 0 aliphatic carbocycles. The summed E-state index contributed by atoms with van der Waals surface area (Å²) in [7, 11) is 1.48. The fourth-order valence-corrected chi connectivity index (χ4v) is 1.94. The number of hydrogen-bond donors (Lipinski definition) is 2. The molecule has 1 heterocycles. The summed E-state index contributed by atoms with van der Waals surface area (Å²) in [6.07, 6.45) is 0. The Bertz CT molecular complexity index is 377. The molecule has 0 fully saturated rings. The van der Waals surface area contributed by atoms with Gasteiger partial charge in [0.25, 0.3) is 0 Å². The Morgan fingerprint density at radius 3 is 2.18 bits per heavy atom. The molecule has 1 rings (SSSR count). The van der Waals surface area contributed by atoms with Crippen LogP contribution in [-0.4, -0.2) is 26.5 Å². The number of rotatable bonds is 4. The van der Waals surface area contributed by atoms with E-state index in [1.54, 1.807) is 0 Å². The molecule has 7 heteroatoms. The highest BCUT2D eigenvalue weighted by atomic mass is 127. The summed E-state index contributed by atoms with van der Waals surface area (Å²) in [4.78, 5) is 13.0. The fourth-order valence-electron chi connectivity index (χ4n) is 1.11. The highest BCUT2D eigenvalue weighted by Crippen LogP contribution is 2.23. The monoisotopic (exact) mass is 367 g/mol. The zero-order chi connectivity index (χ0) is 13.1. The van der Waals surface area contributed by atoms with Crippen LogP contribution in [0.25, 0.3) is 0 Å². The van der Waals surface area contributed by atoms with Crippen LogP contribution in [0.15, 0.2) is 5.16 Å². The van der Waals surface area contributed by atoms with Crippen LogP contribution in [0.2, 0.25) is 0 Å². The number of anilines is 2. The molecule has 0 aliphatic rings. The molecule has 5 nitrogen and oxygen atoms in total. The number of halogens is 1. The summed E-state index contributed by atoms with van der Waals surface area (Å²) in [6.45, 7) is 10.3. The maximum absolute atomic E-state index is 4.35. The average molecular weight is 367 g/mol. The molecule has 0 radical (unpaired) electrons. The molecule has 17 heavy (non-hydrogen) atoms. The van der Waals surface area contributed by atoms with Crippen molar-refractivity contribution in [2.45, 2.75) is 51.4 Å². The fraction of sp³-hybridized carbons (Fsp3) is 0.700. The van der Waals surface area contributed by atoms with Gasteiger partial charge < -0.3 is 10.6 Å². The molecule has 0 spiro atoms. The topological polar surface area (TPSA) is 62.7 Å². The zero-order valence-corrected chi connectivity index (χ0v) is 13.7. The molecule has 0 aromatic carbocycles. The van der Waals surface area contributed by atoms with Crippen molar-refractivity contribution in [3.63, 3.8) is 0 Å². The molecule has 0 unspecified atom stereocenters. The van der Waals surface area contributed by atoms with E-state index < -0.39 is 0 Å². The van der Waals surface area contributed by atoms with Crippen molar-refractivity contribution in [3.8, 4) is 0 Å². The highest BCUT2D eigenvalue weighted by Gasteiger charge is 2.14. The molecule has 0 aliphatic heterocycles. The van der Waals surface area contributed by atoms with E-state index >= 15 is 0 Å². The highest BCUT2D eigenvalue weighted by molar-refractivity contribution is 14.2. The minimum Gasteiger partial charge on any atom is -0.352 e. The van der Waals surface area contributed by atoms with Crippen LogP contribution in [-0.2, 0) is 0 Å². The van der Waals surface area contributed by atoms with Gasteiger partial charge in [0, 0.05) is 32.8 Å². The van der Waals surface area contributed by atoms with Crippen LogP contribution in [0, 0.1) is 0 Å². The van der Waals surface area contributed by atoms with E-state index in [-0.39, 0.29) is 5.54 Å². The molecule has 96 valence electrons. The van der Waals surface area contributed by atoms with E-state index in [1.807, 2.05) is 0 Å². The summed E-state index contributed by atoms with van der Waals surface area (Å²) in [5.74, 6) is 1.22. The number of nitrogens with one attached hydrogen (secondary N) is 2. The van der Waals surface area contributed by atoms with Crippen LogP contribution in [0.4, 0.5) is 11.9 Å². The molecule has 0 saturated heterocycles. The summed E-state index contributed by atoms with van der Waals surface area (Å²) < 4.78 is 0. The normalized spacial score (nSPS) is 11.7. The third-order valence-electron chi connectivity index (χ3n) is 1.59. The Labute approximate surface area is 119 Å². The van der Waals surface area contributed by atoms with Crippen molar-refractivity contribution < 1.29 is 0 Å². The van der Waals surface area contributed by atoms with E-state index in [1.165, 1.54) is 8.93 Å². The summed E-state index contributed by atoms with van der Waals surface area (Å²) in [5, 5.41) is 7.14. The molecule has 1 aromatic heterocycles. The molecule has 2 N–H and O–H groups in total. The van der Waals surface area contributed by atoms with Gasteiger partial charge in [-0.05, 0) is 43.6 Å². The van der Waals surface area contributed by atoms with E-state index in [9.17, 15) is 0 Å². The van der Waals surface area contributed by atoms with Gasteiger partial charge in [-0.25, -0.2) is 0 Å². The van der Waals surface area contributed by atoms with Gasteiger partial charge in [-0.2, -0.15) is 15.0 Å².